The lowest BCUT2D eigenvalue weighted by atomic mass is 9.92. The molecule has 0 atom stereocenters. The molecule has 0 bridgehead atoms. The first-order valence-corrected chi connectivity index (χ1v) is 6.42. The van der Waals surface area contributed by atoms with E-state index in [4.69, 9.17) is 0 Å². The fourth-order valence-electron chi connectivity index (χ4n) is 1.75. The number of aromatic carboxylic acids is 1. The van der Waals surface area contributed by atoms with Gasteiger partial charge in [0.05, 0.1) is 10.2 Å². The summed E-state index contributed by atoms with van der Waals surface area (Å²) in [7, 11) is 0. The first-order chi connectivity index (χ1) is 8.82. The third kappa shape index (κ3) is 2.51. The predicted molar refractivity (Wildman–Crippen MR) is 72.5 cm³/mol. The van der Waals surface area contributed by atoms with Gasteiger partial charge in [0, 0.05) is 11.6 Å². The van der Waals surface area contributed by atoms with Gasteiger partial charge < -0.3 is 5.11 Å². The SMILES string of the molecule is CC(C)(C)c1c(Br)c(C(=O)O)nn1-c1cccnn1. The smallest absolute Gasteiger partial charge is 0.357 e. The van der Waals surface area contributed by atoms with Crippen molar-refractivity contribution in [1.29, 1.82) is 0 Å². The Bertz CT molecular complexity index is 617. The molecule has 0 saturated carbocycles. The van der Waals surface area contributed by atoms with Gasteiger partial charge in [-0.05, 0) is 28.1 Å². The molecule has 7 heteroatoms. The van der Waals surface area contributed by atoms with Crippen LogP contribution < -0.4 is 0 Å². The van der Waals surface area contributed by atoms with Crippen molar-refractivity contribution >= 4 is 21.9 Å². The number of carboxylic acid groups (broad SMARTS) is 1. The van der Waals surface area contributed by atoms with Gasteiger partial charge in [0.1, 0.15) is 0 Å². The molecule has 2 heterocycles. The summed E-state index contributed by atoms with van der Waals surface area (Å²) < 4.78 is 1.98. The Morgan fingerprint density at radius 1 is 1.42 bits per heavy atom. The topological polar surface area (TPSA) is 80.9 Å². The van der Waals surface area contributed by atoms with Gasteiger partial charge in [-0.15, -0.1) is 5.10 Å². The van der Waals surface area contributed by atoms with E-state index < -0.39 is 5.97 Å². The average Bonchev–Trinajstić information content (AvgIpc) is 2.68. The first-order valence-electron chi connectivity index (χ1n) is 5.62. The molecule has 100 valence electrons. The number of rotatable bonds is 2. The predicted octanol–water partition coefficient (Wildman–Crippen LogP) is 2.42. The Morgan fingerprint density at radius 2 is 2.11 bits per heavy atom. The molecule has 0 aliphatic carbocycles. The Morgan fingerprint density at radius 3 is 2.58 bits per heavy atom. The van der Waals surface area contributed by atoms with Crippen LogP contribution in [0.5, 0.6) is 0 Å². The zero-order valence-corrected chi connectivity index (χ0v) is 12.3. The highest BCUT2D eigenvalue weighted by molar-refractivity contribution is 9.10. The monoisotopic (exact) mass is 324 g/mol. The van der Waals surface area contributed by atoms with Crippen LogP contribution in [-0.4, -0.2) is 31.1 Å². The Labute approximate surface area is 118 Å². The van der Waals surface area contributed by atoms with Gasteiger partial charge in [0.15, 0.2) is 11.5 Å². The second-order valence-electron chi connectivity index (χ2n) is 5.06. The summed E-state index contributed by atoms with van der Waals surface area (Å²) in [6.07, 6.45) is 1.55. The number of carbonyl (C=O) groups is 1. The second kappa shape index (κ2) is 4.73. The van der Waals surface area contributed by atoms with Crippen molar-refractivity contribution in [2.45, 2.75) is 26.2 Å². The summed E-state index contributed by atoms with van der Waals surface area (Å²) in [5.41, 5.74) is 0.415. The van der Waals surface area contributed by atoms with E-state index in [2.05, 4.69) is 31.2 Å². The van der Waals surface area contributed by atoms with E-state index in [0.717, 1.165) is 5.69 Å². The standard InChI is InChI=1S/C12H13BrN4O2/c1-12(2,3)10-8(13)9(11(18)19)16-17(10)7-5-4-6-14-15-7/h4-6H,1-3H3,(H,18,19). The normalized spacial score (nSPS) is 11.6. The van der Waals surface area contributed by atoms with Crippen molar-refractivity contribution < 1.29 is 9.90 Å². The molecule has 1 N–H and O–H groups in total. The summed E-state index contributed by atoms with van der Waals surface area (Å²) in [6.45, 7) is 5.94. The van der Waals surface area contributed by atoms with Crippen LogP contribution in [0, 0.1) is 0 Å². The van der Waals surface area contributed by atoms with Gasteiger partial charge in [-0.3, -0.25) is 0 Å². The number of hydrogen-bond donors (Lipinski definition) is 1. The van der Waals surface area contributed by atoms with Crippen LogP contribution in [0.25, 0.3) is 5.82 Å². The maximum Gasteiger partial charge on any atom is 0.357 e. The fraction of sp³-hybridized carbons (Fsp3) is 0.333. The summed E-state index contributed by atoms with van der Waals surface area (Å²) in [6, 6.07) is 3.46. The van der Waals surface area contributed by atoms with Crippen LogP contribution in [0.15, 0.2) is 22.8 Å². The molecule has 0 aromatic carbocycles. The van der Waals surface area contributed by atoms with E-state index in [1.54, 1.807) is 18.3 Å². The third-order valence-electron chi connectivity index (χ3n) is 2.52. The molecule has 0 fully saturated rings. The maximum atomic E-state index is 11.2. The number of aromatic nitrogens is 4. The minimum Gasteiger partial charge on any atom is -0.476 e. The minimum absolute atomic E-state index is 0.0319. The van der Waals surface area contributed by atoms with Crippen molar-refractivity contribution in [2.24, 2.45) is 0 Å². The Kier molecular flexibility index (Phi) is 3.40. The van der Waals surface area contributed by atoms with E-state index in [1.165, 1.54) is 4.68 Å². The Balaban J connectivity index is 2.74. The molecule has 0 unspecified atom stereocenters. The molecule has 0 aliphatic heterocycles. The number of nitrogens with zero attached hydrogens (tertiary/aromatic N) is 4. The van der Waals surface area contributed by atoms with Crippen molar-refractivity contribution in [3.8, 4) is 5.82 Å². The summed E-state index contributed by atoms with van der Waals surface area (Å²) in [5.74, 6) is -0.597. The molecule has 0 aliphatic rings. The first kappa shape index (κ1) is 13.7. The zero-order chi connectivity index (χ0) is 14.2. The van der Waals surface area contributed by atoms with Gasteiger partial charge in [0.2, 0.25) is 0 Å². The molecule has 2 rings (SSSR count). The minimum atomic E-state index is -1.08. The van der Waals surface area contributed by atoms with Crippen LogP contribution in [0.4, 0.5) is 0 Å². The largest absolute Gasteiger partial charge is 0.476 e. The number of carboxylic acids is 1. The lowest BCUT2D eigenvalue weighted by Gasteiger charge is -2.20. The van der Waals surface area contributed by atoms with Crippen molar-refractivity contribution in [1.82, 2.24) is 20.0 Å². The van der Waals surface area contributed by atoms with Crippen molar-refractivity contribution in [2.75, 3.05) is 0 Å². The molecule has 0 radical (unpaired) electrons. The van der Waals surface area contributed by atoms with Crippen molar-refractivity contribution in [3.05, 3.63) is 34.2 Å². The van der Waals surface area contributed by atoms with Gasteiger partial charge in [-0.1, -0.05) is 20.8 Å². The van der Waals surface area contributed by atoms with E-state index in [1.807, 2.05) is 20.8 Å². The average molecular weight is 325 g/mol. The highest BCUT2D eigenvalue weighted by Gasteiger charge is 2.29. The van der Waals surface area contributed by atoms with Crippen LogP contribution in [0.2, 0.25) is 0 Å². The molecular formula is C12H13BrN4O2. The molecule has 6 nitrogen and oxygen atoms in total. The van der Waals surface area contributed by atoms with Crippen LogP contribution in [0.1, 0.15) is 37.0 Å². The highest BCUT2D eigenvalue weighted by Crippen LogP contribution is 2.33. The van der Waals surface area contributed by atoms with Crippen LogP contribution in [0.3, 0.4) is 0 Å². The quantitative estimate of drug-likeness (QED) is 0.917. The number of halogens is 1. The van der Waals surface area contributed by atoms with E-state index in [-0.39, 0.29) is 11.1 Å². The third-order valence-corrected chi connectivity index (χ3v) is 3.27. The zero-order valence-electron chi connectivity index (χ0n) is 10.8. The fourth-order valence-corrected chi connectivity index (χ4v) is 2.77. The number of hydrogen-bond acceptors (Lipinski definition) is 4. The molecule has 19 heavy (non-hydrogen) atoms. The molecule has 2 aromatic rings. The molecule has 0 spiro atoms. The highest BCUT2D eigenvalue weighted by atomic mass is 79.9. The van der Waals surface area contributed by atoms with Crippen LogP contribution in [-0.2, 0) is 5.41 Å². The lowest BCUT2D eigenvalue weighted by molar-refractivity contribution is 0.0689. The second-order valence-corrected chi connectivity index (χ2v) is 5.85. The van der Waals surface area contributed by atoms with E-state index in [9.17, 15) is 9.90 Å². The molecular weight excluding hydrogens is 312 g/mol. The van der Waals surface area contributed by atoms with Gasteiger partial charge in [-0.25, -0.2) is 9.48 Å². The summed E-state index contributed by atoms with van der Waals surface area (Å²) in [4.78, 5) is 11.2. The molecule has 0 amide bonds. The van der Waals surface area contributed by atoms with Crippen molar-refractivity contribution in [3.63, 3.8) is 0 Å². The van der Waals surface area contributed by atoms with Gasteiger partial charge in [-0.2, -0.15) is 10.2 Å². The van der Waals surface area contributed by atoms with Gasteiger partial charge in [0.25, 0.3) is 0 Å². The Hall–Kier alpha value is -1.76. The maximum absolute atomic E-state index is 11.2. The molecule has 0 saturated heterocycles. The van der Waals surface area contributed by atoms with E-state index >= 15 is 0 Å². The summed E-state index contributed by atoms with van der Waals surface area (Å²) in [5, 5.41) is 21.1. The van der Waals surface area contributed by atoms with E-state index in [0.29, 0.717) is 10.3 Å². The summed E-state index contributed by atoms with van der Waals surface area (Å²) >= 11 is 3.32. The van der Waals surface area contributed by atoms with Crippen LogP contribution >= 0.6 is 15.9 Å². The lowest BCUT2D eigenvalue weighted by Crippen LogP contribution is -2.18. The van der Waals surface area contributed by atoms with Gasteiger partial charge >= 0.3 is 5.97 Å². The molecule has 2 aromatic heterocycles.